The summed E-state index contributed by atoms with van der Waals surface area (Å²) < 4.78 is 2.75. The normalized spacial score (nSPS) is 10.7. The van der Waals surface area contributed by atoms with Crippen LogP contribution in [0, 0.1) is 0 Å². The van der Waals surface area contributed by atoms with E-state index in [0.29, 0.717) is 0 Å². The van der Waals surface area contributed by atoms with Gasteiger partial charge in [0.1, 0.15) is 5.82 Å². The Kier molecular flexibility index (Phi) is 5.01. The maximum absolute atomic E-state index is 5.80. The Labute approximate surface area is 93.8 Å². The van der Waals surface area contributed by atoms with E-state index in [2.05, 4.69) is 28.0 Å². The number of halogens is 1. The molecule has 0 spiro atoms. The van der Waals surface area contributed by atoms with Crippen molar-refractivity contribution >= 4 is 21.7 Å². The molecule has 0 bridgehead atoms. The number of nitrogens with zero attached hydrogens (tertiary/aromatic N) is 2. The van der Waals surface area contributed by atoms with Crippen LogP contribution in [0.4, 0.5) is 5.82 Å². The molecule has 0 amide bonds. The van der Waals surface area contributed by atoms with Gasteiger partial charge in [0.05, 0.1) is 10.7 Å². The summed E-state index contributed by atoms with van der Waals surface area (Å²) in [6.07, 6.45) is 8.12. The average Bonchev–Trinajstić information content (AvgIpc) is 2.49. The lowest BCUT2D eigenvalue weighted by Gasteiger charge is -2.03. The molecular formula is C10H18BrN3. The minimum atomic E-state index is 0.737. The third-order valence-corrected chi connectivity index (χ3v) is 2.92. The molecule has 0 saturated heterocycles. The minimum Gasteiger partial charge on any atom is -0.383 e. The van der Waals surface area contributed by atoms with Crippen molar-refractivity contribution in [1.82, 2.24) is 9.78 Å². The summed E-state index contributed by atoms with van der Waals surface area (Å²) in [4.78, 5) is 0. The lowest BCUT2D eigenvalue weighted by Crippen LogP contribution is -2.04. The third-order valence-electron chi connectivity index (χ3n) is 2.31. The number of nitrogens with two attached hydrogens (primary N) is 1. The van der Waals surface area contributed by atoms with Gasteiger partial charge in [-0.05, 0) is 22.4 Å². The molecule has 1 aromatic heterocycles. The number of nitrogen functional groups attached to an aromatic ring is 1. The first-order chi connectivity index (χ1) is 6.75. The van der Waals surface area contributed by atoms with Gasteiger partial charge in [-0.2, -0.15) is 5.10 Å². The van der Waals surface area contributed by atoms with E-state index in [-0.39, 0.29) is 0 Å². The number of aromatic nitrogens is 2. The third kappa shape index (κ3) is 3.33. The van der Waals surface area contributed by atoms with Crippen LogP contribution in [-0.2, 0) is 6.54 Å². The van der Waals surface area contributed by atoms with E-state index in [0.717, 1.165) is 16.8 Å². The first-order valence-electron chi connectivity index (χ1n) is 5.22. The zero-order valence-corrected chi connectivity index (χ0v) is 10.3. The van der Waals surface area contributed by atoms with Crippen molar-refractivity contribution in [2.24, 2.45) is 0 Å². The van der Waals surface area contributed by atoms with Crippen LogP contribution in [0.25, 0.3) is 0 Å². The van der Waals surface area contributed by atoms with Gasteiger partial charge in [-0.1, -0.05) is 32.6 Å². The summed E-state index contributed by atoms with van der Waals surface area (Å²) in [6.45, 7) is 3.16. The smallest absolute Gasteiger partial charge is 0.136 e. The highest BCUT2D eigenvalue weighted by atomic mass is 79.9. The second-order valence-corrected chi connectivity index (χ2v) is 4.37. The van der Waals surface area contributed by atoms with Gasteiger partial charge < -0.3 is 5.73 Å². The lowest BCUT2D eigenvalue weighted by molar-refractivity contribution is 0.538. The topological polar surface area (TPSA) is 43.8 Å². The van der Waals surface area contributed by atoms with E-state index in [4.69, 9.17) is 5.73 Å². The predicted molar refractivity (Wildman–Crippen MR) is 63.1 cm³/mol. The molecule has 0 aromatic carbocycles. The molecule has 80 valence electrons. The van der Waals surface area contributed by atoms with Crippen molar-refractivity contribution in [2.45, 2.75) is 45.6 Å². The quantitative estimate of drug-likeness (QED) is 0.798. The molecule has 4 heteroatoms. The second kappa shape index (κ2) is 6.06. The highest BCUT2D eigenvalue weighted by Crippen LogP contribution is 2.18. The SMILES string of the molecule is CCCCCCCn1ncc(Br)c1N. The lowest BCUT2D eigenvalue weighted by atomic mass is 10.1. The average molecular weight is 260 g/mol. The van der Waals surface area contributed by atoms with Gasteiger partial charge in [0.25, 0.3) is 0 Å². The Balaban J connectivity index is 2.21. The van der Waals surface area contributed by atoms with Crippen LogP contribution >= 0.6 is 15.9 Å². The molecule has 0 unspecified atom stereocenters. The van der Waals surface area contributed by atoms with Crippen LogP contribution in [0.2, 0.25) is 0 Å². The van der Waals surface area contributed by atoms with Crippen LogP contribution < -0.4 is 5.73 Å². The first-order valence-corrected chi connectivity index (χ1v) is 6.01. The molecule has 1 aromatic rings. The molecule has 0 aliphatic carbocycles. The maximum atomic E-state index is 5.80. The van der Waals surface area contributed by atoms with Crippen LogP contribution in [0.5, 0.6) is 0 Å². The van der Waals surface area contributed by atoms with Crippen molar-refractivity contribution < 1.29 is 0 Å². The number of aryl methyl sites for hydroxylation is 1. The van der Waals surface area contributed by atoms with E-state index in [1.54, 1.807) is 6.20 Å². The first kappa shape index (κ1) is 11.6. The fraction of sp³-hybridized carbons (Fsp3) is 0.700. The zero-order chi connectivity index (χ0) is 10.4. The Morgan fingerprint density at radius 3 is 2.64 bits per heavy atom. The summed E-state index contributed by atoms with van der Waals surface area (Å²) >= 11 is 3.34. The van der Waals surface area contributed by atoms with Gasteiger partial charge in [0.2, 0.25) is 0 Å². The molecule has 1 heterocycles. The molecular weight excluding hydrogens is 242 g/mol. The largest absolute Gasteiger partial charge is 0.383 e. The summed E-state index contributed by atoms with van der Waals surface area (Å²) in [5.41, 5.74) is 5.80. The van der Waals surface area contributed by atoms with Gasteiger partial charge in [0, 0.05) is 6.54 Å². The van der Waals surface area contributed by atoms with Crippen molar-refractivity contribution in [3.05, 3.63) is 10.7 Å². The predicted octanol–water partition coefficient (Wildman–Crippen LogP) is 3.20. The number of anilines is 1. The standard InChI is InChI=1S/C10H18BrN3/c1-2-3-4-5-6-7-14-10(12)9(11)8-13-14/h8H,2-7,12H2,1H3. The number of hydrogen-bond donors (Lipinski definition) is 1. The summed E-state index contributed by atoms with van der Waals surface area (Å²) in [7, 11) is 0. The van der Waals surface area contributed by atoms with Gasteiger partial charge in [0.15, 0.2) is 0 Å². The van der Waals surface area contributed by atoms with Crippen LogP contribution in [0.3, 0.4) is 0 Å². The molecule has 1 rings (SSSR count). The summed E-state index contributed by atoms with van der Waals surface area (Å²) in [6, 6.07) is 0. The van der Waals surface area contributed by atoms with Gasteiger partial charge in [-0.25, -0.2) is 4.68 Å². The monoisotopic (exact) mass is 259 g/mol. The molecule has 3 nitrogen and oxygen atoms in total. The van der Waals surface area contributed by atoms with Gasteiger partial charge in [-0.15, -0.1) is 0 Å². The number of hydrogen-bond acceptors (Lipinski definition) is 2. The molecule has 0 atom stereocenters. The van der Waals surface area contributed by atoms with Crippen LogP contribution in [-0.4, -0.2) is 9.78 Å². The van der Waals surface area contributed by atoms with Crippen molar-refractivity contribution in [1.29, 1.82) is 0 Å². The zero-order valence-electron chi connectivity index (χ0n) is 8.67. The Morgan fingerprint density at radius 1 is 1.36 bits per heavy atom. The van der Waals surface area contributed by atoms with Crippen LogP contribution in [0.1, 0.15) is 39.0 Å². The van der Waals surface area contributed by atoms with E-state index in [9.17, 15) is 0 Å². The number of unbranched alkanes of at least 4 members (excludes halogenated alkanes) is 4. The molecule has 0 radical (unpaired) electrons. The van der Waals surface area contributed by atoms with Crippen molar-refractivity contribution in [3.63, 3.8) is 0 Å². The van der Waals surface area contributed by atoms with Crippen molar-refractivity contribution in [3.8, 4) is 0 Å². The fourth-order valence-corrected chi connectivity index (χ4v) is 1.71. The highest BCUT2D eigenvalue weighted by molar-refractivity contribution is 9.10. The molecule has 0 saturated carbocycles. The van der Waals surface area contributed by atoms with E-state index >= 15 is 0 Å². The molecule has 0 aliphatic heterocycles. The van der Waals surface area contributed by atoms with E-state index in [1.807, 2.05) is 4.68 Å². The Hall–Kier alpha value is -0.510. The van der Waals surface area contributed by atoms with Gasteiger partial charge >= 0.3 is 0 Å². The molecule has 14 heavy (non-hydrogen) atoms. The highest BCUT2D eigenvalue weighted by Gasteiger charge is 2.02. The molecule has 0 aliphatic rings. The van der Waals surface area contributed by atoms with Crippen LogP contribution in [0.15, 0.2) is 10.7 Å². The molecule has 2 N–H and O–H groups in total. The van der Waals surface area contributed by atoms with Crippen molar-refractivity contribution in [2.75, 3.05) is 5.73 Å². The summed E-state index contributed by atoms with van der Waals surface area (Å²) in [5.74, 6) is 0.737. The fourth-order valence-electron chi connectivity index (χ4n) is 1.42. The van der Waals surface area contributed by atoms with E-state index in [1.165, 1.54) is 32.1 Å². The number of rotatable bonds is 6. The second-order valence-electron chi connectivity index (χ2n) is 3.52. The maximum Gasteiger partial charge on any atom is 0.136 e. The van der Waals surface area contributed by atoms with E-state index < -0.39 is 0 Å². The van der Waals surface area contributed by atoms with Gasteiger partial charge in [-0.3, -0.25) is 0 Å². The molecule has 0 fully saturated rings. The summed E-state index contributed by atoms with van der Waals surface area (Å²) in [5, 5.41) is 4.18. The Bertz CT molecular complexity index is 270. The Morgan fingerprint density at radius 2 is 2.07 bits per heavy atom. The minimum absolute atomic E-state index is 0.737.